The maximum Gasteiger partial charge on any atom is 0.406 e. The number of thiazole rings is 1. The van der Waals surface area contributed by atoms with Crippen LogP contribution >= 0.6 is 11.3 Å². The molecular formula is C10H16F3N3S. The lowest BCUT2D eigenvalue weighted by molar-refractivity contribution is -0.120. The molecule has 0 bridgehead atoms. The summed E-state index contributed by atoms with van der Waals surface area (Å²) in [5, 5.41) is 0.385. The summed E-state index contributed by atoms with van der Waals surface area (Å²) in [6, 6.07) is -0.257. The minimum absolute atomic E-state index is 0.257. The zero-order valence-electron chi connectivity index (χ0n) is 10.0. The van der Waals surface area contributed by atoms with Crippen LogP contribution in [0, 0.1) is 6.92 Å². The summed E-state index contributed by atoms with van der Waals surface area (Å²) in [4.78, 5) is 6.23. The zero-order valence-corrected chi connectivity index (χ0v) is 10.8. The fraction of sp³-hybridized carbons (Fsp3) is 0.700. The Morgan fingerprint density at radius 1 is 1.41 bits per heavy atom. The number of alkyl halides is 3. The maximum absolute atomic E-state index is 12.5. The molecule has 0 saturated heterocycles. The van der Waals surface area contributed by atoms with Crippen molar-refractivity contribution in [3.8, 4) is 0 Å². The van der Waals surface area contributed by atoms with E-state index in [2.05, 4.69) is 4.98 Å². The summed E-state index contributed by atoms with van der Waals surface area (Å²) in [6.45, 7) is 4.51. The van der Waals surface area contributed by atoms with Gasteiger partial charge in [0.25, 0.3) is 0 Å². The van der Waals surface area contributed by atoms with E-state index in [4.69, 9.17) is 5.73 Å². The molecule has 0 aliphatic carbocycles. The smallest absolute Gasteiger partial charge is 0.337 e. The van der Waals surface area contributed by atoms with Gasteiger partial charge in [-0.25, -0.2) is 4.98 Å². The van der Waals surface area contributed by atoms with Crippen LogP contribution in [-0.2, 0) is 6.54 Å². The number of halogens is 3. The topological polar surface area (TPSA) is 42.2 Å². The van der Waals surface area contributed by atoms with Gasteiger partial charge in [0.1, 0.15) is 6.54 Å². The molecule has 0 saturated carbocycles. The molecular weight excluding hydrogens is 251 g/mol. The SMILES string of the molecule is Cc1nc(N(CC(F)(F)F)C(C)C)sc1CN. The first-order chi connectivity index (χ1) is 7.74. The molecule has 0 spiro atoms. The lowest BCUT2D eigenvalue weighted by Crippen LogP contribution is -2.39. The quantitative estimate of drug-likeness (QED) is 0.912. The highest BCUT2D eigenvalue weighted by atomic mass is 32.1. The largest absolute Gasteiger partial charge is 0.406 e. The lowest BCUT2D eigenvalue weighted by atomic mass is 10.3. The van der Waals surface area contributed by atoms with Gasteiger partial charge in [0.05, 0.1) is 5.69 Å². The first-order valence-electron chi connectivity index (χ1n) is 5.24. The Bertz CT molecular complexity index is 373. The van der Waals surface area contributed by atoms with Crippen LogP contribution < -0.4 is 10.6 Å². The number of aromatic nitrogens is 1. The van der Waals surface area contributed by atoms with Gasteiger partial charge in [-0.2, -0.15) is 13.2 Å². The predicted molar refractivity (Wildman–Crippen MR) is 63.3 cm³/mol. The van der Waals surface area contributed by atoms with Gasteiger partial charge >= 0.3 is 6.18 Å². The molecule has 98 valence electrons. The summed E-state index contributed by atoms with van der Waals surface area (Å²) in [5.41, 5.74) is 6.21. The van der Waals surface area contributed by atoms with E-state index in [-0.39, 0.29) is 6.04 Å². The second-order valence-corrected chi connectivity index (χ2v) is 5.11. The normalized spacial score (nSPS) is 12.2. The highest BCUT2D eigenvalue weighted by Gasteiger charge is 2.33. The van der Waals surface area contributed by atoms with E-state index < -0.39 is 12.7 Å². The van der Waals surface area contributed by atoms with Crippen LogP contribution in [0.2, 0.25) is 0 Å². The van der Waals surface area contributed by atoms with Crippen LogP contribution in [0.4, 0.5) is 18.3 Å². The third-order valence-electron chi connectivity index (χ3n) is 2.29. The minimum Gasteiger partial charge on any atom is -0.337 e. The number of nitrogens with two attached hydrogens (primary N) is 1. The van der Waals surface area contributed by atoms with E-state index in [1.807, 2.05) is 0 Å². The van der Waals surface area contributed by atoms with Gasteiger partial charge in [0.15, 0.2) is 5.13 Å². The zero-order chi connectivity index (χ0) is 13.2. The van der Waals surface area contributed by atoms with Crippen molar-refractivity contribution in [3.05, 3.63) is 10.6 Å². The fourth-order valence-corrected chi connectivity index (χ4v) is 2.46. The second-order valence-electron chi connectivity index (χ2n) is 4.05. The van der Waals surface area contributed by atoms with Crippen LogP contribution in [0.3, 0.4) is 0 Å². The van der Waals surface area contributed by atoms with Crippen molar-refractivity contribution in [3.63, 3.8) is 0 Å². The van der Waals surface area contributed by atoms with Crippen molar-refractivity contribution in [2.75, 3.05) is 11.4 Å². The number of nitrogens with zero attached hydrogens (tertiary/aromatic N) is 2. The Kier molecular flexibility index (Phi) is 4.37. The third-order valence-corrected chi connectivity index (χ3v) is 3.50. The van der Waals surface area contributed by atoms with Crippen LogP contribution in [0.25, 0.3) is 0 Å². The van der Waals surface area contributed by atoms with E-state index >= 15 is 0 Å². The Labute approximate surface area is 102 Å². The van der Waals surface area contributed by atoms with Crippen LogP contribution in [-0.4, -0.2) is 23.7 Å². The van der Waals surface area contributed by atoms with Gasteiger partial charge in [-0.05, 0) is 20.8 Å². The molecule has 0 unspecified atom stereocenters. The molecule has 0 radical (unpaired) electrons. The Hall–Kier alpha value is -0.820. The summed E-state index contributed by atoms with van der Waals surface area (Å²) in [7, 11) is 0. The lowest BCUT2D eigenvalue weighted by Gasteiger charge is -2.27. The third kappa shape index (κ3) is 3.85. The highest BCUT2D eigenvalue weighted by Crippen LogP contribution is 2.29. The summed E-state index contributed by atoms with van der Waals surface area (Å²) in [5.74, 6) is 0. The van der Waals surface area contributed by atoms with Crippen LogP contribution in [0.1, 0.15) is 24.4 Å². The second kappa shape index (κ2) is 5.22. The van der Waals surface area contributed by atoms with E-state index in [9.17, 15) is 13.2 Å². The average Bonchev–Trinajstić information content (AvgIpc) is 2.54. The monoisotopic (exact) mass is 267 g/mol. The van der Waals surface area contributed by atoms with Gasteiger partial charge in [-0.15, -0.1) is 11.3 Å². The first kappa shape index (κ1) is 14.2. The van der Waals surface area contributed by atoms with Crippen molar-refractivity contribution in [1.29, 1.82) is 0 Å². The molecule has 0 aromatic carbocycles. The van der Waals surface area contributed by atoms with Crippen molar-refractivity contribution in [2.45, 2.75) is 39.5 Å². The summed E-state index contributed by atoms with van der Waals surface area (Å²) in [6.07, 6.45) is -4.23. The van der Waals surface area contributed by atoms with Gasteiger partial charge in [-0.3, -0.25) is 0 Å². The Balaban J connectivity index is 2.97. The predicted octanol–water partition coefficient (Wildman–Crippen LogP) is 2.69. The van der Waals surface area contributed by atoms with Crippen molar-refractivity contribution < 1.29 is 13.2 Å². The van der Waals surface area contributed by atoms with Crippen molar-refractivity contribution >= 4 is 16.5 Å². The molecule has 2 N–H and O–H groups in total. The number of aryl methyl sites for hydroxylation is 1. The molecule has 1 aromatic rings. The van der Waals surface area contributed by atoms with Gasteiger partial charge in [0, 0.05) is 17.5 Å². The van der Waals surface area contributed by atoms with E-state index in [0.29, 0.717) is 17.4 Å². The number of anilines is 1. The first-order valence-corrected chi connectivity index (χ1v) is 6.06. The number of hydrogen-bond donors (Lipinski definition) is 1. The molecule has 0 atom stereocenters. The fourth-order valence-electron chi connectivity index (χ4n) is 1.39. The van der Waals surface area contributed by atoms with Crippen LogP contribution in [0.5, 0.6) is 0 Å². The molecule has 0 aliphatic rings. The molecule has 1 rings (SSSR count). The van der Waals surface area contributed by atoms with Gasteiger partial charge < -0.3 is 10.6 Å². The number of rotatable bonds is 4. The Morgan fingerprint density at radius 3 is 2.35 bits per heavy atom. The molecule has 7 heteroatoms. The van der Waals surface area contributed by atoms with E-state index in [1.54, 1.807) is 20.8 Å². The molecule has 1 heterocycles. The van der Waals surface area contributed by atoms with Crippen molar-refractivity contribution in [1.82, 2.24) is 4.98 Å². The average molecular weight is 267 g/mol. The van der Waals surface area contributed by atoms with Gasteiger partial charge in [0.2, 0.25) is 0 Å². The highest BCUT2D eigenvalue weighted by molar-refractivity contribution is 7.15. The molecule has 3 nitrogen and oxygen atoms in total. The van der Waals surface area contributed by atoms with E-state index in [0.717, 1.165) is 4.88 Å². The van der Waals surface area contributed by atoms with Gasteiger partial charge in [-0.1, -0.05) is 0 Å². The van der Waals surface area contributed by atoms with Crippen LogP contribution in [0.15, 0.2) is 0 Å². The number of hydrogen-bond acceptors (Lipinski definition) is 4. The maximum atomic E-state index is 12.5. The van der Waals surface area contributed by atoms with E-state index in [1.165, 1.54) is 16.2 Å². The summed E-state index contributed by atoms with van der Waals surface area (Å²) < 4.78 is 37.4. The molecule has 1 aromatic heterocycles. The molecule has 17 heavy (non-hydrogen) atoms. The molecule has 0 amide bonds. The summed E-state index contributed by atoms with van der Waals surface area (Å²) >= 11 is 1.23. The van der Waals surface area contributed by atoms with Crippen molar-refractivity contribution in [2.24, 2.45) is 5.73 Å². The standard InChI is InChI=1S/C10H16F3N3S/c1-6(2)16(5-10(11,12)13)9-15-7(3)8(4-14)17-9/h6H,4-5,14H2,1-3H3. The molecule has 0 fully saturated rings. The molecule has 0 aliphatic heterocycles. The minimum atomic E-state index is -4.23. The Morgan fingerprint density at radius 2 is 2.00 bits per heavy atom.